The second kappa shape index (κ2) is 8.11. The van der Waals surface area contributed by atoms with Crippen molar-refractivity contribution in [3.63, 3.8) is 0 Å². The fraction of sp³-hybridized carbons (Fsp3) is 0.500. The maximum Gasteiger partial charge on any atom is 0.315 e. The molecule has 0 saturated carbocycles. The summed E-state index contributed by atoms with van der Waals surface area (Å²) in [6.45, 7) is 3.51. The molecule has 1 aliphatic heterocycles. The summed E-state index contributed by atoms with van der Waals surface area (Å²) in [6.07, 6.45) is 3.42. The number of aryl methyl sites for hydroxylation is 2. The Morgan fingerprint density at radius 2 is 2.08 bits per heavy atom. The molecule has 1 unspecified atom stereocenters. The van der Waals surface area contributed by atoms with Gasteiger partial charge in [-0.15, -0.1) is 0 Å². The van der Waals surface area contributed by atoms with Gasteiger partial charge in [0.1, 0.15) is 5.82 Å². The van der Waals surface area contributed by atoms with Crippen LogP contribution < -0.4 is 10.6 Å². The van der Waals surface area contributed by atoms with Gasteiger partial charge in [0, 0.05) is 19.5 Å². The Labute approximate surface area is 147 Å². The van der Waals surface area contributed by atoms with Crippen LogP contribution in [-0.4, -0.2) is 32.4 Å². The molecule has 7 heteroatoms. The first-order valence-corrected chi connectivity index (χ1v) is 8.86. The average Bonchev–Trinajstić information content (AvgIpc) is 3.07. The molecule has 3 rings (SSSR count). The molecular formula is C18H25N5O2. The Hall–Kier alpha value is -2.41. The molecule has 1 aromatic carbocycles. The van der Waals surface area contributed by atoms with Crippen molar-refractivity contribution in [2.24, 2.45) is 0 Å². The highest BCUT2D eigenvalue weighted by Gasteiger charge is 2.25. The second-order valence-electron chi connectivity index (χ2n) is 6.28. The molecule has 2 amide bonds. The van der Waals surface area contributed by atoms with Crippen molar-refractivity contribution in [3.8, 4) is 0 Å². The normalized spacial score (nSPS) is 16.3. The van der Waals surface area contributed by atoms with Crippen LogP contribution in [-0.2, 0) is 26.0 Å². The van der Waals surface area contributed by atoms with E-state index < -0.39 is 0 Å². The molecule has 7 nitrogen and oxygen atoms in total. The molecule has 1 aliphatic rings. The fourth-order valence-electron chi connectivity index (χ4n) is 3.03. The standard InChI is InChI=1S/C18H25N5O2/c1-2-16-21-17-15(4-3-11-23(17)22-16)20-18(25)19-10-9-13-5-7-14(12-24)8-6-13/h5-8,15,24H,2-4,9-12H2,1H3,(H2,19,20,25). The number of rotatable bonds is 6. The van der Waals surface area contributed by atoms with Crippen molar-refractivity contribution in [3.05, 3.63) is 47.0 Å². The van der Waals surface area contributed by atoms with Gasteiger partial charge in [0.05, 0.1) is 12.6 Å². The first-order chi connectivity index (χ1) is 12.2. The molecule has 0 bridgehead atoms. The minimum Gasteiger partial charge on any atom is -0.392 e. The monoisotopic (exact) mass is 343 g/mol. The number of aliphatic hydroxyl groups excluding tert-OH is 1. The molecule has 2 aromatic rings. The van der Waals surface area contributed by atoms with Crippen molar-refractivity contribution >= 4 is 6.03 Å². The van der Waals surface area contributed by atoms with Gasteiger partial charge in [-0.2, -0.15) is 5.10 Å². The lowest BCUT2D eigenvalue weighted by Crippen LogP contribution is -2.40. The highest BCUT2D eigenvalue weighted by molar-refractivity contribution is 5.74. The smallest absolute Gasteiger partial charge is 0.315 e. The van der Waals surface area contributed by atoms with Crippen molar-refractivity contribution in [2.75, 3.05) is 6.54 Å². The number of aromatic nitrogens is 3. The largest absolute Gasteiger partial charge is 0.392 e. The van der Waals surface area contributed by atoms with Gasteiger partial charge in [0.2, 0.25) is 0 Å². The quantitative estimate of drug-likeness (QED) is 0.744. The SMILES string of the molecule is CCc1nc2n(n1)CCCC2NC(=O)NCCc1ccc(CO)cc1. The Kier molecular flexibility index (Phi) is 5.65. The van der Waals surface area contributed by atoms with E-state index in [0.717, 1.165) is 55.0 Å². The van der Waals surface area contributed by atoms with Crippen LogP contribution in [0, 0.1) is 0 Å². The number of aliphatic hydroxyl groups is 1. The molecule has 0 saturated heterocycles. The van der Waals surface area contributed by atoms with Crippen LogP contribution in [0.2, 0.25) is 0 Å². The number of hydrogen-bond donors (Lipinski definition) is 3. The van der Waals surface area contributed by atoms with Crippen molar-refractivity contribution < 1.29 is 9.90 Å². The molecule has 0 spiro atoms. The number of nitrogens with zero attached hydrogens (tertiary/aromatic N) is 3. The lowest BCUT2D eigenvalue weighted by Gasteiger charge is -2.23. The lowest BCUT2D eigenvalue weighted by atomic mass is 10.1. The first-order valence-electron chi connectivity index (χ1n) is 8.86. The zero-order valence-electron chi connectivity index (χ0n) is 14.5. The minimum absolute atomic E-state index is 0.0483. The molecule has 25 heavy (non-hydrogen) atoms. The number of hydrogen-bond acceptors (Lipinski definition) is 4. The van der Waals surface area contributed by atoms with E-state index in [-0.39, 0.29) is 18.7 Å². The van der Waals surface area contributed by atoms with E-state index in [1.807, 2.05) is 35.9 Å². The van der Waals surface area contributed by atoms with E-state index in [2.05, 4.69) is 20.7 Å². The van der Waals surface area contributed by atoms with E-state index >= 15 is 0 Å². The van der Waals surface area contributed by atoms with Gasteiger partial charge >= 0.3 is 6.03 Å². The molecule has 1 aromatic heterocycles. The highest BCUT2D eigenvalue weighted by Crippen LogP contribution is 2.23. The summed E-state index contributed by atoms with van der Waals surface area (Å²) >= 11 is 0. The molecule has 2 heterocycles. The zero-order valence-corrected chi connectivity index (χ0v) is 14.5. The van der Waals surface area contributed by atoms with E-state index in [9.17, 15) is 4.79 Å². The predicted molar refractivity (Wildman–Crippen MR) is 94.0 cm³/mol. The van der Waals surface area contributed by atoms with Gasteiger partial charge < -0.3 is 15.7 Å². The topological polar surface area (TPSA) is 92.1 Å². The van der Waals surface area contributed by atoms with Gasteiger partial charge in [0.25, 0.3) is 0 Å². The molecule has 134 valence electrons. The number of urea groups is 1. The third-order valence-corrected chi connectivity index (χ3v) is 4.44. The maximum atomic E-state index is 12.2. The third-order valence-electron chi connectivity index (χ3n) is 4.44. The van der Waals surface area contributed by atoms with Crippen molar-refractivity contribution in [1.82, 2.24) is 25.4 Å². The van der Waals surface area contributed by atoms with Crippen molar-refractivity contribution in [2.45, 2.75) is 51.8 Å². The van der Waals surface area contributed by atoms with Gasteiger partial charge in [0.15, 0.2) is 5.82 Å². The number of nitrogens with one attached hydrogen (secondary N) is 2. The van der Waals surface area contributed by atoms with Gasteiger partial charge in [-0.3, -0.25) is 0 Å². The highest BCUT2D eigenvalue weighted by atomic mass is 16.3. The Balaban J connectivity index is 1.49. The van der Waals surface area contributed by atoms with E-state index in [0.29, 0.717) is 6.54 Å². The van der Waals surface area contributed by atoms with Crippen LogP contribution >= 0.6 is 0 Å². The van der Waals surface area contributed by atoms with Crippen LogP contribution in [0.4, 0.5) is 4.79 Å². The number of carbonyl (C=O) groups excluding carboxylic acids is 1. The molecular weight excluding hydrogens is 318 g/mol. The summed E-state index contributed by atoms with van der Waals surface area (Å²) in [5, 5.41) is 19.4. The van der Waals surface area contributed by atoms with E-state index in [4.69, 9.17) is 5.11 Å². The maximum absolute atomic E-state index is 12.2. The number of fused-ring (bicyclic) bond motifs is 1. The molecule has 1 atom stereocenters. The fourth-order valence-corrected chi connectivity index (χ4v) is 3.03. The minimum atomic E-state index is -0.175. The molecule has 0 radical (unpaired) electrons. The Morgan fingerprint density at radius 1 is 1.32 bits per heavy atom. The van der Waals surface area contributed by atoms with Crippen LogP contribution in [0.3, 0.4) is 0 Å². The van der Waals surface area contributed by atoms with Crippen LogP contribution in [0.15, 0.2) is 24.3 Å². The number of benzene rings is 1. The van der Waals surface area contributed by atoms with Crippen molar-refractivity contribution in [1.29, 1.82) is 0 Å². The second-order valence-corrected chi connectivity index (χ2v) is 6.28. The molecule has 0 aliphatic carbocycles. The summed E-state index contributed by atoms with van der Waals surface area (Å²) in [7, 11) is 0. The number of carbonyl (C=O) groups is 1. The first kappa shape index (κ1) is 17.4. The summed E-state index contributed by atoms with van der Waals surface area (Å²) in [5.41, 5.74) is 2.02. The predicted octanol–water partition coefficient (Wildman–Crippen LogP) is 1.71. The molecule has 3 N–H and O–H groups in total. The summed E-state index contributed by atoms with van der Waals surface area (Å²) in [6, 6.07) is 7.49. The summed E-state index contributed by atoms with van der Waals surface area (Å²) in [5.74, 6) is 1.69. The van der Waals surface area contributed by atoms with Gasteiger partial charge in [-0.05, 0) is 30.4 Å². The number of amides is 2. The van der Waals surface area contributed by atoms with E-state index in [1.165, 1.54) is 0 Å². The Morgan fingerprint density at radius 3 is 2.80 bits per heavy atom. The summed E-state index contributed by atoms with van der Waals surface area (Å²) < 4.78 is 1.91. The third kappa shape index (κ3) is 4.36. The van der Waals surface area contributed by atoms with Gasteiger partial charge in [-0.25, -0.2) is 14.5 Å². The summed E-state index contributed by atoms with van der Waals surface area (Å²) in [4.78, 5) is 16.7. The van der Waals surface area contributed by atoms with Crippen LogP contribution in [0.1, 0.15) is 48.6 Å². The van der Waals surface area contributed by atoms with E-state index in [1.54, 1.807) is 0 Å². The average molecular weight is 343 g/mol. The molecule has 0 fully saturated rings. The Bertz CT molecular complexity index is 711. The van der Waals surface area contributed by atoms with Crippen LogP contribution in [0.25, 0.3) is 0 Å². The zero-order chi connectivity index (χ0) is 17.6. The van der Waals surface area contributed by atoms with Crippen LogP contribution in [0.5, 0.6) is 0 Å². The lowest BCUT2D eigenvalue weighted by molar-refractivity contribution is 0.233. The van der Waals surface area contributed by atoms with Gasteiger partial charge in [-0.1, -0.05) is 31.2 Å².